The molecule has 1 rings (SSSR count). The smallest absolute Gasteiger partial charge is 0.363 e. The second-order valence-electron chi connectivity index (χ2n) is 2.86. The number of esters is 1. The van der Waals surface area contributed by atoms with E-state index in [4.69, 9.17) is 0 Å². The summed E-state index contributed by atoms with van der Waals surface area (Å²) in [6.45, 7) is 5.36. The lowest BCUT2D eigenvalue weighted by Gasteiger charge is -2.10. The van der Waals surface area contributed by atoms with Gasteiger partial charge in [-0.25, -0.2) is 4.79 Å². The Morgan fingerprint density at radius 3 is 2.56 bits per heavy atom. The van der Waals surface area contributed by atoms with Gasteiger partial charge in [0.2, 0.25) is 11.4 Å². The Hall–Kier alpha value is -2.11. The van der Waals surface area contributed by atoms with Crippen molar-refractivity contribution in [2.45, 2.75) is 6.92 Å². The quantitative estimate of drug-likeness (QED) is 0.355. The molecule has 1 aliphatic heterocycles. The Balaban J connectivity index is 3.33. The van der Waals surface area contributed by atoms with Gasteiger partial charge in [0.05, 0.1) is 13.1 Å². The van der Waals surface area contributed by atoms with Crippen LogP contribution < -0.4 is 5.11 Å². The maximum absolute atomic E-state index is 11.5. The summed E-state index contributed by atoms with van der Waals surface area (Å²) in [6.07, 6.45) is 1.57. The molecule has 0 aromatic heterocycles. The van der Waals surface area contributed by atoms with Crippen molar-refractivity contribution in [2.75, 3.05) is 14.2 Å². The number of allylic oxidation sites excluding steroid dienone is 1. The van der Waals surface area contributed by atoms with Crippen LogP contribution in [0.4, 0.5) is 0 Å². The molecule has 0 saturated carbocycles. The molecule has 6 heteroatoms. The minimum atomic E-state index is -0.703. The second kappa shape index (κ2) is 4.61. The van der Waals surface area contributed by atoms with E-state index in [1.54, 1.807) is 13.1 Å². The van der Waals surface area contributed by atoms with Crippen LogP contribution in [0.15, 0.2) is 28.9 Å². The molecule has 0 saturated heterocycles. The Bertz CT molecular complexity index is 432. The highest BCUT2D eigenvalue weighted by Gasteiger charge is 2.36. The lowest BCUT2D eigenvalue weighted by atomic mass is 10.1. The predicted octanol–water partition coefficient (Wildman–Crippen LogP) is -0.636. The third-order valence-electron chi connectivity index (χ3n) is 2.02. The number of hydrogen-bond donors (Lipinski definition) is 0. The van der Waals surface area contributed by atoms with Crippen LogP contribution in [0.3, 0.4) is 0 Å². The molecule has 86 valence electrons. The lowest BCUT2D eigenvalue weighted by Crippen LogP contribution is -2.21. The molecule has 6 nitrogen and oxygen atoms in total. The van der Waals surface area contributed by atoms with Crippen molar-refractivity contribution in [3.05, 3.63) is 23.8 Å². The molecule has 1 aliphatic rings. The summed E-state index contributed by atoms with van der Waals surface area (Å²) in [5.41, 5.74) is 0.208. The van der Waals surface area contributed by atoms with Gasteiger partial charge in [0.25, 0.3) is 0 Å². The van der Waals surface area contributed by atoms with Crippen molar-refractivity contribution in [3.63, 3.8) is 0 Å². The predicted molar refractivity (Wildman–Crippen MR) is 54.6 cm³/mol. The highest BCUT2D eigenvalue weighted by atomic mass is 16.6. The van der Waals surface area contributed by atoms with E-state index < -0.39 is 11.9 Å². The topological polar surface area (TPSA) is 74.0 Å². The molecule has 0 unspecified atom stereocenters. The van der Waals surface area contributed by atoms with Crippen molar-refractivity contribution in [3.8, 4) is 0 Å². The molecule has 0 spiro atoms. The lowest BCUT2D eigenvalue weighted by molar-refractivity contribution is -0.468. The fraction of sp³-hybridized carbons (Fsp3) is 0.300. The molecule has 0 aliphatic carbocycles. The minimum Gasteiger partial charge on any atom is -0.616 e. The van der Waals surface area contributed by atoms with Gasteiger partial charge in [0.1, 0.15) is 5.57 Å². The van der Waals surface area contributed by atoms with E-state index in [0.29, 0.717) is 0 Å². The summed E-state index contributed by atoms with van der Waals surface area (Å²) in [5, 5.41) is 15.4. The van der Waals surface area contributed by atoms with Gasteiger partial charge in [0, 0.05) is 12.0 Å². The van der Waals surface area contributed by atoms with Crippen molar-refractivity contribution >= 4 is 17.9 Å². The summed E-state index contributed by atoms with van der Waals surface area (Å²) < 4.78 is 10.4. The van der Waals surface area contributed by atoms with Crippen LogP contribution in [-0.2, 0) is 14.3 Å². The summed E-state index contributed by atoms with van der Waals surface area (Å²) in [7, 11) is 2.43. The van der Waals surface area contributed by atoms with E-state index in [2.05, 4.69) is 21.2 Å². The number of nitrogens with zero attached hydrogens (tertiary/aromatic N) is 2. The van der Waals surface area contributed by atoms with E-state index in [1.807, 2.05) is 0 Å². The second-order valence-corrected chi connectivity index (χ2v) is 2.86. The molecule has 0 fully saturated rings. The number of methoxy groups -OCH3 is 2. The minimum absolute atomic E-state index is 0.0208. The molecule has 0 bridgehead atoms. The zero-order valence-corrected chi connectivity index (χ0v) is 9.31. The van der Waals surface area contributed by atoms with Gasteiger partial charge < -0.3 is 14.6 Å². The van der Waals surface area contributed by atoms with Crippen LogP contribution in [0.25, 0.3) is 0 Å². The number of hydrogen-bond acceptors (Lipinski definition) is 5. The number of carbonyl (C=O) groups is 1. The maximum Gasteiger partial charge on any atom is 0.363 e. The van der Waals surface area contributed by atoms with E-state index in [1.165, 1.54) is 18.9 Å². The molecule has 0 amide bonds. The Kier molecular flexibility index (Phi) is 3.44. The SMILES string of the molecule is C=C1/C(=C(\[O-])OC)C(C(=O)OC)=N/[N+]1=C/C. The molecular weight excluding hydrogens is 212 g/mol. The molecule has 16 heavy (non-hydrogen) atoms. The van der Waals surface area contributed by atoms with Crippen LogP contribution in [0.2, 0.25) is 0 Å². The average Bonchev–Trinajstić information content (AvgIpc) is 2.64. The molecule has 0 aromatic carbocycles. The fourth-order valence-corrected chi connectivity index (χ4v) is 1.24. The largest absolute Gasteiger partial charge is 0.616 e. The summed E-state index contributed by atoms with van der Waals surface area (Å²) in [5.74, 6) is -1.37. The van der Waals surface area contributed by atoms with Crippen LogP contribution in [-0.4, -0.2) is 36.8 Å². The molecule has 0 N–H and O–H groups in total. The zero-order valence-electron chi connectivity index (χ0n) is 9.31. The summed E-state index contributed by atoms with van der Waals surface area (Å²) in [4.78, 5) is 11.4. The highest BCUT2D eigenvalue weighted by Crippen LogP contribution is 2.22. The number of rotatable bonds is 2. The first-order chi connectivity index (χ1) is 7.56. The first-order valence-corrected chi connectivity index (χ1v) is 4.47. The third kappa shape index (κ3) is 1.81. The maximum atomic E-state index is 11.5. The van der Waals surface area contributed by atoms with Crippen molar-refractivity contribution < 1.29 is 24.1 Å². The average molecular weight is 224 g/mol. The highest BCUT2D eigenvalue weighted by molar-refractivity contribution is 6.44. The number of hydrazone groups is 1. The van der Waals surface area contributed by atoms with Gasteiger partial charge in [-0.2, -0.15) is 0 Å². The third-order valence-corrected chi connectivity index (χ3v) is 2.02. The van der Waals surface area contributed by atoms with Gasteiger partial charge in [-0.3, -0.25) is 0 Å². The van der Waals surface area contributed by atoms with Crippen LogP contribution in [0.1, 0.15) is 6.92 Å². The van der Waals surface area contributed by atoms with Crippen molar-refractivity contribution in [1.29, 1.82) is 0 Å². The number of ether oxygens (including phenoxy) is 2. The first-order valence-electron chi connectivity index (χ1n) is 4.47. The standard InChI is InChI=1S/C10H12N2O4/c1-5-12-6(2)7(9(13)15-3)8(11-12)10(14)16-4/h5H,2H2,1,3-4H3/b12-5+. The van der Waals surface area contributed by atoms with E-state index in [9.17, 15) is 9.90 Å². The van der Waals surface area contributed by atoms with Gasteiger partial charge in [-0.05, 0) is 13.7 Å². The van der Waals surface area contributed by atoms with E-state index >= 15 is 0 Å². The van der Waals surface area contributed by atoms with Gasteiger partial charge >= 0.3 is 5.97 Å². The van der Waals surface area contributed by atoms with Crippen molar-refractivity contribution in [2.24, 2.45) is 5.10 Å². The fourth-order valence-electron chi connectivity index (χ4n) is 1.24. The van der Waals surface area contributed by atoms with Crippen molar-refractivity contribution in [1.82, 2.24) is 0 Å². The molecule has 0 aromatic rings. The zero-order chi connectivity index (χ0) is 12.3. The van der Waals surface area contributed by atoms with Crippen LogP contribution >= 0.6 is 0 Å². The van der Waals surface area contributed by atoms with Gasteiger partial charge in [-0.15, -0.1) is 0 Å². The van der Waals surface area contributed by atoms with Gasteiger partial charge in [0.15, 0.2) is 6.21 Å². The van der Waals surface area contributed by atoms with E-state index in [0.717, 1.165) is 0 Å². The molecule has 0 atom stereocenters. The number of carbonyl (C=O) groups excluding carboxylic acids is 1. The first kappa shape index (κ1) is 12.0. The Morgan fingerprint density at radius 2 is 2.12 bits per heavy atom. The van der Waals surface area contributed by atoms with Crippen LogP contribution in [0, 0.1) is 0 Å². The van der Waals surface area contributed by atoms with Gasteiger partial charge in [-0.1, -0.05) is 4.68 Å². The van der Waals surface area contributed by atoms with E-state index in [-0.39, 0.29) is 17.0 Å². The summed E-state index contributed by atoms with van der Waals surface area (Å²) in [6, 6.07) is 0. The Morgan fingerprint density at radius 1 is 1.50 bits per heavy atom. The Labute approximate surface area is 92.8 Å². The molecular formula is C10H12N2O4. The normalized spacial score (nSPS) is 20.8. The molecule has 1 heterocycles. The monoisotopic (exact) mass is 224 g/mol. The van der Waals surface area contributed by atoms with Crippen LogP contribution in [0.5, 0.6) is 0 Å². The summed E-state index contributed by atoms with van der Waals surface area (Å²) >= 11 is 0. The molecule has 0 radical (unpaired) electrons.